The van der Waals surface area contributed by atoms with Crippen molar-refractivity contribution in [1.29, 1.82) is 0 Å². The Hall–Kier alpha value is -4.70. The number of hydrazone groups is 1. The quantitative estimate of drug-likeness (QED) is 0.125. The normalized spacial score (nSPS) is 11.6. The van der Waals surface area contributed by atoms with Crippen LogP contribution in [0.2, 0.25) is 0 Å². The molecule has 0 bridgehead atoms. The Kier molecular flexibility index (Phi) is 8.34. The number of aryl methyl sites for hydroxylation is 1. The summed E-state index contributed by atoms with van der Waals surface area (Å²) >= 11 is 0. The number of nitrogens with one attached hydrogen (secondary N) is 1. The number of hydrogen-bond donors (Lipinski definition) is 1. The molecule has 4 aromatic carbocycles. The summed E-state index contributed by atoms with van der Waals surface area (Å²) in [6, 6.07) is 28.7. The predicted octanol–water partition coefficient (Wildman–Crippen LogP) is 5.09. The molecule has 0 saturated carbocycles. The summed E-state index contributed by atoms with van der Waals surface area (Å²) in [5, 5.41) is 15.0. The average molecular weight is 532 g/mol. The third-order valence-corrected chi connectivity index (χ3v) is 6.68. The van der Waals surface area contributed by atoms with Crippen molar-refractivity contribution in [2.24, 2.45) is 5.10 Å². The van der Waals surface area contributed by atoms with Crippen molar-refractivity contribution in [3.05, 3.63) is 130 Å². The summed E-state index contributed by atoms with van der Waals surface area (Å²) in [5.41, 5.74) is 2.84. The number of nitrogens with zero attached hydrogens (tertiary/aromatic N) is 2. The van der Waals surface area contributed by atoms with Gasteiger partial charge in [-0.25, -0.2) is 0 Å². The van der Waals surface area contributed by atoms with E-state index in [2.05, 4.69) is 9.93 Å². The SMILES string of the molecule is Cc1ccc(S(=O)(=O)NN=C(c2ccccc2)c2ccc(OCCOc3ccc([N+](=O)[O-])cc3)cc2)cc1. The van der Waals surface area contributed by atoms with Gasteiger partial charge in [0.1, 0.15) is 24.7 Å². The summed E-state index contributed by atoms with van der Waals surface area (Å²) in [4.78, 5) is 12.7. The molecule has 0 heterocycles. The molecule has 0 atom stereocenters. The predicted molar refractivity (Wildman–Crippen MR) is 144 cm³/mol. The molecule has 0 aliphatic rings. The number of nitro benzene ring substituents is 1. The van der Waals surface area contributed by atoms with Gasteiger partial charge in [0, 0.05) is 23.3 Å². The van der Waals surface area contributed by atoms with Crippen LogP contribution in [0, 0.1) is 17.0 Å². The first-order valence-corrected chi connectivity index (χ1v) is 13.1. The fourth-order valence-electron chi connectivity index (χ4n) is 3.46. The van der Waals surface area contributed by atoms with E-state index in [1.807, 2.05) is 37.3 Å². The van der Waals surface area contributed by atoms with Crippen LogP contribution in [0.5, 0.6) is 11.5 Å². The highest BCUT2D eigenvalue weighted by atomic mass is 32.2. The zero-order chi connectivity index (χ0) is 27.0. The highest BCUT2D eigenvalue weighted by Gasteiger charge is 2.15. The minimum absolute atomic E-state index is 0.00458. The number of non-ortho nitro benzene ring substituents is 1. The monoisotopic (exact) mass is 531 g/mol. The van der Waals surface area contributed by atoms with Gasteiger partial charge < -0.3 is 9.47 Å². The smallest absolute Gasteiger partial charge is 0.276 e. The highest BCUT2D eigenvalue weighted by Crippen LogP contribution is 2.19. The first-order chi connectivity index (χ1) is 18.3. The van der Waals surface area contributed by atoms with E-state index in [-0.39, 0.29) is 23.8 Å². The number of benzene rings is 4. The second-order valence-electron chi connectivity index (χ2n) is 8.21. The van der Waals surface area contributed by atoms with Gasteiger partial charge in [0.05, 0.1) is 15.5 Å². The Bertz CT molecular complexity index is 1500. The van der Waals surface area contributed by atoms with Gasteiger partial charge >= 0.3 is 0 Å². The molecule has 1 N–H and O–H groups in total. The second kappa shape index (κ2) is 12.0. The van der Waals surface area contributed by atoms with Crippen LogP contribution in [0.15, 0.2) is 113 Å². The maximum atomic E-state index is 12.8. The molecule has 0 amide bonds. The molecule has 4 aromatic rings. The van der Waals surface area contributed by atoms with Crippen LogP contribution in [0.25, 0.3) is 0 Å². The Labute approximate surface area is 220 Å². The van der Waals surface area contributed by atoms with E-state index in [4.69, 9.17) is 9.47 Å². The summed E-state index contributed by atoms with van der Waals surface area (Å²) < 4.78 is 36.8. The highest BCUT2D eigenvalue weighted by molar-refractivity contribution is 7.89. The van der Waals surface area contributed by atoms with Crippen molar-refractivity contribution < 1.29 is 22.8 Å². The molecular formula is C28H25N3O6S. The topological polar surface area (TPSA) is 120 Å². The lowest BCUT2D eigenvalue weighted by Gasteiger charge is -2.11. The lowest BCUT2D eigenvalue weighted by Crippen LogP contribution is -2.21. The molecule has 10 heteroatoms. The van der Waals surface area contributed by atoms with Crippen LogP contribution in [-0.4, -0.2) is 32.3 Å². The Balaban J connectivity index is 1.42. The van der Waals surface area contributed by atoms with Crippen LogP contribution in [-0.2, 0) is 10.0 Å². The molecule has 9 nitrogen and oxygen atoms in total. The van der Waals surface area contributed by atoms with Gasteiger partial charge in [0.25, 0.3) is 15.7 Å². The van der Waals surface area contributed by atoms with E-state index in [9.17, 15) is 18.5 Å². The van der Waals surface area contributed by atoms with E-state index in [1.165, 1.54) is 36.4 Å². The number of sulfonamides is 1. The van der Waals surface area contributed by atoms with Gasteiger partial charge in [-0.1, -0.05) is 48.0 Å². The van der Waals surface area contributed by atoms with Crippen LogP contribution in [0.1, 0.15) is 16.7 Å². The lowest BCUT2D eigenvalue weighted by atomic mass is 10.0. The third-order valence-electron chi connectivity index (χ3n) is 5.45. The minimum atomic E-state index is -3.85. The summed E-state index contributed by atoms with van der Waals surface area (Å²) in [6.45, 7) is 2.39. The van der Waals surface area contributed by atoms with E-state index >= 15 is 0 Å². The molecule has 0 spiro atoms. The molecule has 194 valence electrons. The molecule has 0 radical (unpaired) electrons. The molecule has 38 heavy (non-hydrogen) atoms. The van der Waals surface area contributed by atoms with Crippen molar-refractivity contribution in [1.82, 2.24) is 4.83 Å². The third kappa shape index (κ3) is 6.95. The fourth-order valence-corrected chi connectivity index (χ4v) is 4.27. The van der Waals surface area contributed by atoms with Gasteiger partial charge in [0.2, 0.25) is 0 Å². The molecule has 0 saturated heterocycles. The van der Waals surface area contributed by atoms with Crippen LogP contribution < -0.4 is 14.3 Å². The molecule has 0 aliphatic carbocycles. The average Bonchev–Trinajstić information content (AvgIpc) is 2.93. The maximum Gasteiger partial charge on any atom is 0.276 e. The van der Waals surface area contributed by atoms with Crippen molar-refractivity contribution in [2.45, 2.75) is 11.8 Å². The molecule has 0 fully saturated rings. The van der Waals surface area contributed by atoms with E-state index in [0.29, 0.717) is 22.8 Å². The summed E-state index contributed by atoms with van der Waals surface area (Å²) in [7, 11) is -3.85. The van der Waals surface area contributed by atoms with Gasteiger partial charge in [-0.15, -0.1) is 0 Å². The standard InChI is InChI=1S/C28H25N3O6S/c1-21-7-17-27(18-8-21)38(34,35)30-29-28(22-5-3-2-4-6-22)23-9-13-25(14-10-23)36-19-20-37-26-15-11-24(12-16-26)31(32)33/h2-18,30H,19-20H2,1H3. The molecule has 0 aliphatic heterocycles. The molecule has 4 rings (SSSR count). The van der Waals surface area contributed by atoms with Crippen molar-refractivity contribution in [2.75, 3.05) is 13.2 Å². The zero-order valence-corrected chi connectivity index (χ0v) is 21.3. The second-order valence-corrected chi connectivity index (χ2v) is 9.87. The van der Waals surface area contributed by atoms with Gasteiger partial charge in [-0.2, -0.15) is 18.4 Å². The largest absolute Gasteiger partial charge is 0.490 e. The van der Waals surface area contributed by atoms with Crippen molar-refractivity contribution >= 4 is 21.4 Å². The van der Waals surface area contributed by atoms with Gasteiger partial charge in [-0.3, -0.25) is 10.1 Å². The maximum absolute atomic E-state index is 12.8. The molecule has 0 unspecified atom stereocenters. The van der Waals surface area contributed by atoms with Gasteiger partial charge in [0.15, 0.2) is 0 Å². The fraction of sp³-hybridized carbons (Fsp3) is 0.107. The van der Waals surface area contributed by atoms with Crippen LogP contribution >= 0.6 is 0 Å². The molecular weight excluding hydrogens is 506 g/mol. The van der Waals surface area contributed by atoms with E-state index in [0.717, 1.165) is 11.1 Å². The van der Waals surface area contributed by atoms with Gasteiger partial charge in [-0.05, 0) is 55.5 Å². The number of nitro groups is 1. The lowest BCUT2D eigenvalue weighted by molar-refractivity contribution is -0.384. The van der Waals surface area contributed by atoms with E-state index in [1.54, 1.807) is 36.4 Å². The summed E-state index contributed by atoms with van der Waals surface area (Å²) in [5.74, 6) is 1.10. The number of hydrogen-bond acceptors (Lipinski definition) is 7. The van der Waals surface area contributed by atoms with Crippen LogP contribution in [0.3, 0.4) is 0 Å². The first kappa shape index (κ1) is 26.4. The number of rotatable bonds is 11. The zero-order valence-electron chi connectivity index (χ0n) is 20.5. The summed E-state index contributed by atoms with van der Waals surface area (Å²) in [6.07, 6.45) is 0. The van der Waals surface area contributed by atoms with Crippen LogP contribution in [0.4, 0.5) is 5.69 Å². The van der Waals surface area contributed by atoms with E-state index < -0.39 is 14.9 Å². The Morgan fingerprint density at radius 1 is 0.789 bits per heavy atom. The Morgan fingerprint density at radius 2 is 1.32 bits per heavy atom. The minimum Gasteiger partial charge on any atom is -0.490 e. The Morgan fingerprint density at radius 3 is 1.87 bits per heavy atom. The number of ether oxygens (including phenoxy) is 2. The van der Waals surface area contributed by atoms with Crippen molar-refractivity contribution in [3.63, 3.8) is 0 Å². The molecule has 0 aromatic heterocycles. The van der Waals surface area contributed by atoms with Crippen molar-refractivity contribution in [3.8, 4) is 11.5 Å². The first-order valence-electron chi connectivity index (χ1n) is 11.6.